The number of nitrogens with zero attached hydrogens (tertiary/aromatic N) is 2. The maximum absolute atomic E-state index is 12.8. The Morgan fingerprint density at radius 1 is 1.04 bits per heavy atom. The van der Waals surface area contributed by atoms with Crippen LogP contribution in [0.15, 0.2) is 0 Å². The van der Waals surface area contributed by atoms with E-state index in [-0.39, 0.29) is 5.91 Å². The van der Waals surface area contributed by atoms with Crippen LogP contribution in [0.4, 0.5) is 0 Å². The SMILES string of the molecule is CC(C)C1CCC(N2CCN(C(=O)C3(N)CCOCC3)CC2)CC1. The van der Waals surface area contributed by atoms with Crippen molar-refractivity contribution in [1.82, 2.24) is 9.80 Å². The molecule has 3 fully saturated rings. The Bertz CT molecular complexity index is 418. The van der Waals surface area contributed by atoms with Crippen molar-refractivity contribution in [2.45, 2.75) is 64.0 Å². The molecular weight excluding hydrogens is 302 g/mol. The van der Waals surface area contributed by atoms with Crippen LogP contribution in [0.2, 0.25) is 0 Å². The first-order valence-electron chi connectivity index (χ1n) is 9.90. The molecule has 2 heterocycles. The van der Waals surface area contributed by atoms with Crippen molar-refractivity contribution in [3.63, 3.8) is 0 Å². The molecule has 0 aromatic carbocycles. The fraction of sp³-hybridized carbons (Fsp3) is 0.947. The Morgan fingerprint density at radius 3 is 2.17 bits per heavy atom. The molecule has 2 N–H and O–H groups in total. The fourth-order valence-electron chi connectivity index (χ4n) is 4.69. The van der Waals surface area contributed by atoms with E-state index in [9.17, 15) is 4.79 Å². The van der Waals surface area contributed by atoms with Crippen molar-refractivity contribution < 1.29 is 9.53 Å². The highest BCUT2D eigenvalue weighted by atomic mass is 16.5. The summed E-state index contributed by atoms with van der Waals surface area (Å²) >= 11 is 0. The molecule has 3 aliphatic rings. The average Bonchev–Trinajstić information content (AvgIpc) is 2.62. The Kier molecular flexibility index (Phi) is 5.83. The topological polar surface area (TPSA) is 58.8 Å². The molecular formula is C19H35N3O2. The molecule has 0 radical (unpaired) electrons. The second kappa shape index (κ2) is 7.71. The number of piperazine rings is 1. The molecule has 0 aromatic heterocycles. The molecule has 0 atom stereocenters. The fourth-order valence-corrected chi connectivity index (χ4v) is 4.69. The van der Waals surface area contributed by atoms with E-state index in [2.05, 4.69) is 18.7 Å². The molecule has 1 saturated carbocycles. The van der Waals surface area contributed by atoms with Crippen LogP contribution in [-0.2, 0) is 9.53 Å². The molecule has 24 heavy (non-hydrogen) atoms. The van der Waals surface area contributed by atoms with E-state index >= 15 is 0 Å². The quantitative estimate of drug-likeness (QED) is 0.854. The third kappa shape index (κ3) is 3.94. The van der Waals surface area contributed by atoms with E-state index in [1.54, 1.807) is 0 Å². The van der Waals surface area contributed by atoms with Crippen LogP contribution in [0.25, 0.3) is 0 Å². The van der Waals surface area contributed by atoms with Crippen molar-refractivity contribution >= 4 is 5.91 Å². The van der Waals surface area contributed by atoms with Crippen molar-refractivity contribution in [3.05, 3.63) is 0 Å². The highest BCUT2D eigenvalue weighted by molar-refractivity contribution is 5.86. The molecule has 5 nitrogen and oxygen atoms in total. The lowest BCUT2D eigenvalue weighted by molar-refractivity contribution is -0.142. The Balaban J connectivity index is 1.47. The summed E-state index contributed by atoms with van der Waals surface area (Å²) in [7, 11) is 0. The van der Waals surface area contributed by atoms with Crippen molar-refractivity contribution in [3.8, 4) is 0 Å². The third-order valence-corrected chi connectivity index (χ3v) is 6.61. The van der Waals surface area contributed by atoms with Crippen LogP contribution in [0.1, 0.15) is 52.4 Å². The lowest BCUT2D eigenvalue weighted by atomic mass is 9.79. The number of hydrogen-bond donors (Lipinski definition) is 1. The molecule has 1 amide bonds. The second-order valence-electron chi connectivity index (χ2n) is 8.41. The lowest BCUT2D eigenvalue weighted by Crippen LogP contribution is -2.62. The molecule has 5 heteroatoms. The van der Waals surface area contributed by atoms with E-state index < -0.39 is 5.54 Å². The van der Waals surface area contributed by atoms with Crippen molar-refractivity contribution in [2.75, 3.05) is 39.4 Å². The van der Waals surface area contributed by atoms with Gasteiger partial charge in [-0.1, -0.05) is 13.8 Å². The number of carbonyl (C=O) groups excluding carboxylic acids is 1. The van der Waals surface area contributed by atoms with Gasteiger partial charge in [0.1, 0.15) is 0 Å². The molecule has 2 aliphatic heterocycles. The van der Waals surface area contributed by atoms with E-state index in [1.165, 1.54) is 25.7 Å². The van der Waals surface area contributed by atoms with Crippen molar-refractivity contribution in [1.29, 1.82) is 0 Å². The van der Waals surface area contributed by atoms with Crippen LogP contribution in [0, 0.1) is 11.8 Å². The predicted molar refractivity (Wildman–Crippen MR) is 95.7 cm³/mol. The molecule has 0 unspecified atom stereocenters. The molecule has 1 aliphatic carbocycles. The van der Waals surface area contributed by atoms with Crippen LogP contribution >= 0.6 is 0 Å². The molecule has 138 valence electrons. The Labute approximate surface area is 146 Å². The van der Waals surface area contributed by atoms with Crippen LogP contribution in [0.5, 0.6) is 0 Å². The average molecular weight is 338 g/mol. The lowest BCUT2D eigenvalue weighted by Gasteiger charge is -2.44. The molecule has 0 aromatic rings. The van der Waals surface area contributed by atoms with Crippen LogP contribution in [-0.4, -0.2) is 66.7 Å². The van der Waals surface area contributed by atoms with Crippen LogP contribution < -0.4 is 5.73 Å². The van der Waals surface area contributed by atoms with Gasteiger partial charge in [0, 0.05) is 45.4 Å². The predicted octanol–water partition coefficient (Wildman–Crippen LogP) is 1.85. The maximum Gasteiger partial charge on any atom is 0.242 e. The van der Waals surface area contributed by atoms with Gasteiger partial charge >= 0.3 is 0 Å². The van der Waals surface area contributed by atoms with E-state index in [4.69, 9.17) is 10.5 Å². The molecule has 0 spiro atoms. The third-order valence-electron chi connectivity index (χ3n) is 6.61. The normalized spacial score (nSPS) is 32.1. The zero-order valence-electron chi connectivity index (χ0n) is 15.5. The summed E-state index contributed by atoms with van der Waals surface area (Å²) in [4.78, 5) is 17.4. The standard InChI is InChI=1S/C19H35N3O2/c1-15(2)16-3-5-17(6-4-16)21-9-11-22(12-10-21)18(23)19(20)7-13-24-14-8-19/h15-17H,3-14,20H2,1-2H3. The van der Waals surface area contributed by atoms with Gasteiger partial charge in [-0.15, -0.1) is 0 Å². The van der Waals surface area contributed by atoms with Crippen LogP contribution in [0.3, 0.4) is 0 Å². The van der Waals surface area contributed by atoms with Gasteiger partial charge in [-0.2, -0.15) is 0 Å². The van der Waals surface area contributed by atoms with E-state index in [1.807, 2.05) is 4.90 Å². The monoisotopic (exact) mass is 337 g/mol. The summed E-state index contributed by atoms with van der Waals surface area (Å²) in [6, 6.07) is 0.729. The summed E-state index contributed by atoms with van der Waals surface area (Å²) in [6.07, 6.45) is 6.71. The maximum atomic E-state index is 12.8. The number of carbonyl (C=O) groups is 1. The zero-order valence-corrected chi connectivity index (χ0v) is 15.5. The second-order valence-corrected chi connectivity index (χ2v) is 8.41. The minimum absolute atomic E-state index is 0.147. The number of nitrogens with two attached hydrogens (primary N) is 1. The zero-order chi connectivity index (χ0) is 17.2. The summed E-state index contributed by atoms with van der Waals surface area (Å²) in [5.41, 5.74) is 5.68. The highest BCUT2D eigenvalue weighted by Gasteiger charge is 2.40. The van der Waals surface area contributed by atoms with Gasteiger partial charge in [0.2, 0.25) is 5.91 Å². The first-order valence-corrected chi connectivity index (χ1v) is 9.90. The molecule has 0 bridgehead atoms. The van der Waals surface area contributed by atoms with Gasteiger partial charge < -0.3 is 15.4 Å². The smallest absolute Gasteiger partial charge is 0.242 e. The summed E-state index contributed by atoms with van der Waals surface area (Å²) in [6.45, 7) is 9.63. The number of hydrogen-bond acceptors (Lipinski definition) is 4. The number of amides is 1. The van der Waals surface area contributed by atoms with Gasteiger partial charge in [-0.3, -0.25) is 9.69 Å². The largest absolute Gasteiger partial charge is 0.381 e. The van der Waals surface area contributed by atoms with Gasteiger partial charge in [0.25, 0.3) is 0 Å². The summed E-state index contributed by atoms with van der Waals surface area (Å²) < 4.78 is 5.37. The van der Waals surface area contributed by atoms with E-state index in [0.29, 0.717) is 26.1 Å². The molecule has 2 saturated heterocycles. The number of rotatable bonds is 3. The van der Waals surface area contributed by atoms with Crippen molar-refractivity contribution in [2.24, 2.45) is 17.6 Å². The first-order chi connectivity index (χ1) is 11.5. The highest BCUT2D eigenvalue weighted by Crippen LogP contribution is 2.32. The van der Waals surface area contributed by atoms with Gasteiger partial charge in [-0.25, -0.2) is 0 Å². The number of ether oxygens (including phenoxy) is 1. The summed E-state index contributed by atoms with van der Waals surface area (Å²) in [5.74, 6) is 1.88. The Morgan fingerprint density at radius 2 is 1.62 bits per heavy atom. The molecule has 3 rings (SSSR count). The van der Waals surface area contributed by atoms with Gasteiger partial charge in [0.05, 0.1) is 5.54 Å². The first kappa shape index (κ1) is 18.2. The Hall–Kier alpha value is -0.650. The summed E-state index contributed by atoms with van der Waals surface area (Å²) in [5, 5.41) is 0. The minimum Gasteiger partial charge on any atom is -0.381 e. The van der Waals surface area contributed by atoms with Gasteiger partial charge in [-0.05, 0) is 50.4 Å². The minimum atomic E-state index is -0.685. The van der Waals surface area contributed by atoms with Gasteiger partial charge in [0.15, 0.2) is 0 Å². The van der Waals surface area contributed by atoms with E-state index in [0.717, 1.165) is 44.1 Å².